The van der Waals surface area contributed by atoms with E-state index in [4.69, 9.17) is 4.74 Å². The fourth-order valence-corrected chi connectivity index (χ4v) is 2.84. The lowest BCUT2D eigenvalue weighted by molar-refractivity contribution is -0.117. The highest BCUT2D eigenvalue weighted by Gasteiger charge is 2.17. The Hall–Kier alpha value is -1.55. The molecule has 2 aliphatic rings. The van der Waals surface area contributed by atoms with Crippen molar-refractivity contribution in [3.05, 3.63) is 23.8 Å². The zero-order valence-corrected chi connectivity index (χ0v) is 11.1. The number of benzene rings is 1. The number of nitrogens with one attached hydrogen (secondary N) is 2. The molecule has 1 unspecified atom stereocenters. The van der Waals surface area contributed by atoms with Crippen LogP contribution in [-0.4, -0.2) is 25.6 Å². The molecule has 3 rings (SSSR count). The van der Waals surface area contributed by atoms with Crippen LogP contribution in [0.1, 0.15) is 24.8 Å². The van der Waals surface area contributed by atoms with Gasteiger partial charge in [0.15, 0.2) is 0 Å². The number of amides is 1. The highest BCUT2D eigenvalue weighted by molar-refractivity contribution is 5.91. The number of carbonyl (C=O) groups excluding carboxylic acids is 1. The van der Waals surface area contributed by atoms with Crippen LogP contribution in [0.15, 0.2) is 18.2 Å². The fourth-order valence-electron chi connectivity index (χ4n) is 2.84. The van der Waals surface area contributed by atoms with Crippen molar-refractivity contribution >= 4 is 11.6 Å². The minimum Gasteiger partial charge on any atom is -0.493 e. The smallest absolute Gasteiger partial charge is 0.224 e. The summed E-state index contributed by atoms with van der Waals surface area (Å²) in [6.45, 7) is 2.80. The monoisotopic (exact) mass is 260 g/mol. The predicted octanol–water partition coefficient (Wildman–Crippen LogP) is 1.95. The van der Waals surface area contributed by atoms with E-state index in [0.29, 0.717) is 12.3 Å². The molecule has 2 heterocycles. The molecule has 4 heteroatoms. The molecule has 1 aromatic rings. The van der Waals surface area contributed by atoms with Crippen LogP contribution < -0.4 is 15.4 Å². The molecule has 2 N–H and O–H groups in total. The predicted molar refractivity (Wildman–Crippen MR) is 74.5 cm³/mol. The maximum atomic E-state index is 12.0. The van der Waals surface area contributed by atoms with Crippen molar-refractivity contribution in [2.24, 2.45) is 5.92 Å². The van der Waals surface area contributed by atoms with Gasteiger partial charge in [-0.25, -0.2) is 0 Å². The van der Waals surface area contributed by atoms with Crippen LogP contribution in [0, 0.1) is 5.92 Å². The Labute approximate surface area is 113 Å². The SMILES string of the molecule is O=C(CC1CCCNC1)Nc1ccc2c(c1)CCO2. The summed E-state index contributed by atoms with van der Waals surface area (Å²) in [6, 6.07) is 5.89. The minimum absolute atomic E-state index is 0.118. The van der Waals surface area contributed by atoms with Gasteiger partial charge in [0.25, 0.3) is 0 Å². The quantitative estimate of drug-likeness (QED) is 0.873. The Morgan fingerprint density at radius 1 is 1.47 bits per heavy atom. The largest absolute Gasteiger partial charge is 0.493 e. The molecule has 0 radical (unpaired) electrons. The van der Waals surface area contributed by atoms with Gasteiger partial charge in [0.2, 0.25) is 5.91 Å². The van der Waals surface area contributed by atoms with Crippen molar-refractivity contribution in [2.75, 3.05) is 25.0 Å². The van der Waals surface area contributed by atoms with Crippen LogP contribution in [-0.2, 0) is 11.2 Å². The average molecular weight is 260 g/mol. The molecular formula is C15H20N2O2. The highest BCUT2D eigenvalue weighted by Crippen LogP contribution is 2.28. The molecule has 0 aromatic heterocycles. The molecule has 1 aromatic carbocycles. The van der Waals surface area contributed by atoms with Gasteiger partial charge >= 0.3 is 0 Å². The number of carbonyl (C=O) groups is 1. The second-order valence-electron chi connectivity index (χ2n) is 5.39. The summed E-state index contributed by atoms with van der Waals surface area (Å²) >= 11 is 0. The van der Waals surface area contributed by atoms with E-state index in [1.54, 1.807) is 0 Å². The highest BCUT2D eigenvalue weighted by atomic mass is 16.5. The van der Waals surface area contributed by atoms with Gasteiger partial charge in [-0.3, -0.25) is 4.79 Å². The molecule has 1 saturated heterocycles. The number of hydrogen-bond donors (Lipinski definition) is 2. The van der Waals surface area contributed by atoms with E-state index in [9.17, 15) is 4.79 Å². The number of anilines is 1. The van der Waals surface area contributed by atoms with Crippen molar-refractivity contribution in [3.8, 4) is 5.75 Å². The van der Waals surface area contributed by atoms with Gasteiger partial charge in [-0.05, 0) is 55.6 Å². The first-order chi connectivity index (χ1) is 9.31. The van der Waals surface area contributed by atoms with Gasteiger partial charge in [0.05, 0.1) is 6.61 Å². The summed E-state index contributed by atoms with van der Waals surface area (Å²) in [6.07, 6.45) is 3.87. The van der Waals surface area contributed by atoms with E-state index >= 15 is 0 Å². The number of piperidine rings is 1. The Balaban J connectivity index is 1.56. The second-order valence-corrected chi connectivity index (χ2v) is 5.39. The maximum Gasteiger partial charge on any atom is 0.224 e. The number of hydrogen-bond acceptors (Lipinski definition) is 3. The van der Waals surface area contributed by atoms with Crippen molar-refractivity contribution < 1.29 is 9.53 Å². The summed E-state index contributed by atoms with van der Waals surface area (Å²) in [5.74, 6) is 1.55. The first-order valence-corrected chi connectivity index (χ1v) is 7.07. The van der Waals surface area contributed by atoms with Gasteiger partial charge in [0.1, 0.15) is 5.75 Å². The molecule has 1 atom stereocenters. The Morgan fingerprint density at radius 3 is 3.26 bits per heavy atom. The number of rotatable bonds is 3. The van der Waals surface area contributed by atoms with E-state index in [1.807, 2.05) is 18.2 Å². The molecule has 0 saturated carbocycles. The Bertz CT molecular complexity index is 467. The third-order valence-corrected chi connectivity index (χ3v) is 3.85. The number of ether oxygens (including phenoxy) is 1. The molecule has 0 bridgehead atoms. The summed E-state index contributed by atoms with van der Waals surface area (Å²) < 4.78 is 5.46. The zero-order chi connectivity index (χ0) is 13.1. The third-order valence-electron chi connectivity index (χ3n) is 3.85. The van der Waals surface area contributed by atoms with E-state index < -0.39 is 0 Å². The first-order valence-electron chi connectivity index (χ1n) is 7.07. The molecule has 19 heavy (non-hydrogen) atoms. The third kappa shape index (κ3) is 3.07. The van der Waals surface area contributed by atoms with Crippen LogP contribution in [0.4, 0.5) is 5.69 Å². The van der Waals surface area contributed by atoms with Crippen LogP contribution in [0.25, 0.3) is 0 Å². The van der Waals surface area contributed by atoms with Crippen LogP contribution in [0.2, 0.25) is 0 Å². The van der Waals surface area contributed by atoms with E-state index in [1.165, 1.54) is 12.0 Å². The molecule has 0 spiro atoms. The second kappa shape index (κ2) is 5.61. The van der Waals surface area contributed by atoms with Crippen molar-refractivity contribution in [2.45, 2.75) is 25.7 Å². The van der Waals surface area contributed by atoms with Crippen molar-refractivity contribution in [3.63, 3.8) is 0 Å². The number of fused-ring (bicyclic) bond motifs is 1. The minimum atomic E-state index is 0.118. The lowest BCUT2D eigenvalue weighted by Gasteiger charge is -2.22. The summed E-state index contributed by atoms with van der Waals surface area (Å²) in [5.41, 5.74) is 2.08. The normalized spacial score (nSPS) is 21.6. The van der Waals surface area contributed by atoms with Crippen LogP contribution in [0.3, 0.4) is 0 Å². The van der Waals surface area contributed by atoms with Crippen LogP contribution in [0.5, 0.6) is 5.75 Å². The van der Waals surface area contributed by atoms with Crippen molar-refractivity contribution in [1.29, 1.82) is 0 Å². The zero-order valence-electron chi connectivity index (χ0n) is 11.1. The van der Waals surface area contributed by atoms with E-state index in [2.05, 4.69) is 10.6 Å². The Kier molecular flexibility index (Phi) is 3.69. The van der Waals surface area contributed by atoms with Gasteiger partial charge in [-0.1, -0.05) is 0 Å². The van der Waals surface area contributed by atoms with E-state index in [-0.39, 0.29) is 5.91 Å². The van der Waals surface area contributed by atoms with Gasteiger partial charge < -0.3 is 15.4 Å². The lowest BCUT2D eigenvalue weighted by atomic mass is 9.96. The first kappa shape index (κ1) is 12.5. The fraction of sp³-hybridized carbons (Fsp3) is 0.533. The molecular weight excluding hydrogens is 240 g/mol. The molecule has 1 amide bonds. The lowest BCUT2D eigenvalue weighted by Crippen LogP contribution is -2.32. The molecule has 1 fully saturated rings. The van der Waals surface area contributed by atoms with Crippen LogP contribution >= 0.6 is 0 Å². The molecule has 2 aliphatic heterocycles. The average Bonchev–Trinajstić information content (AvgIpc) is 2.87. The molecule has 4 nitrogen and oxygen atoms in total. The molecule has 0 aliphatic carbocycles. The summed E-state index contributed by atoms with van der Waals surface area (Å²) in [5, 5.41) is 6.34. The van der Waals surface area contributed by atoms with Crippen molar-refractivity contribution in [1.82, 2.24) is 5.32 Å². The Morgan fingerprint density at radius 2 is 2.42 bits per heavy atom. The molecule has 102 valence electrons. The van der Waals surface area contributed by atoms with Gasteiger partial charge in [-0.15, -0.1) is 0 Å². The summed E-state index contributed by atoms with van der Waals surface area (Å²) in [4.78, 5) is 12.0. The van der Waals surface area contributed by atoms with Gasteiger partial charge in [0, 0.05) is 18.5 Å². The standard InChI is InChI=1S/C15H20N2O2/c18-15(8-11-2-1-6-16-10-11)17-13-3-4-14-12(9-13)5-7-19-14/h3-4,9,11,16H,1-2,5-8,10H2,(H,17,18). The topological polar surface area (TPSA) is 50.4 Å². The van der Waals surface area contributed by atoms with Gasteiger partial charge in [-0.2, -0.15) is 0 Å². The maximum absolute atomic E-state index is 12.0. The van der Waals surface area contributed by atoms with E-state index in [0.717, 1.165) is 44.0 Å². The summed E-state index contributed by atoms with van der Waals surface area (Å²) in [7, 11) is 0.